The lowest BCUT2D eigenvalue weighted by Crippen LogP contribution is -2.14. The predicted molar refractivity (Wildman–Crippen MR) is 77.2 cm³/mol. The SMILES string of the molecule is Cc1cc(N=C(N)c2ccc(P(C)(C)=O)cc2)on1. The maximum Gasteiger partial charge on any atom is 0.252 e. The molecule has 0 unspecified atom stereocenters. The Labute approximate surface area is 111 Å². The molecule has 0 spiro atoms. The van der Waals surface area contributed by atoms with Gasteiger partial charge in [-0.2, -0.15) is 4.99 Å². The first kappa shape index (κ1) is 13.6. The van der Waals surface area contributed by atoms with Crippen molar-refractivity contribution < 1.29 is 9.09 Å². The minimum absolute atomic E-state index is 0.338. The van der Waals surface area contributed by atoms with Crippen LogP contribution >= 0.6 is 7.14 Å². The van der Waals surface area contributed by atoms with Gasteiger partial charge < -0.3 is 14.8 Å². The van der Waals surface area contributed by atoms with Crippen LogP contribution in [-0.2, 0) is 4.57 Å². The molecule has 0 saturated carbocycles. The highest BCUT2D eigenvalue weighted by Crippen LogP contribution is 2.34. The van der Waals surface area contributed by atoms with E-state index in [4.69, 9.17) is 10.3 Å². The van der Waals surface area contributed by atoms with E-state index in [1.165, 1.54) is 0 Å². The molecule has 19 heavy (non-hydrogen) atoms. The molecular weight excluding hydrogens is 261 g/mol. The van der Waals surface area contributed by atoms with Crippen molar-refractivity contribution in [2.24, 2.45) is 10.7 Å². The Morgan fingerprint density at radius 2 is 1.95 bits per heavy atom. The summed E-state index contributed by atoms with van der Waals surface area (Å²) < 4.78 is 16.9. The molecule has 0 atom stereocenters. The van der Waals surface area contributed by atoms with E-state index < -0.39 is 7.14 Å². The topological polar surface area (TPSA) is 81.5 Å². The summed E-state index contributed by atoms with van der Waals surface area (Å²) in [5.74, 6) is 0.709. The van der Waals surface area contributed by atoms with Crippen molar-refractivity contribution >= 4 is 24.2 Å². The fourth-order valence-corrected chi connectivity index (χ4v) is 2.44. The number of nitrogens with zero attached hydrogens (tertiary/aromatic N) is 2. The maximum atomic E-state index is 11.9. The van der Waals surface area contributed by atoms with E-state index in [-0.39, 0.29) is 0 Å². The van der Waals surface area contributed by atoms with E-state index in [0.717, 1.165) is 16.6 Å². The Bertz CT molecular complexity index is 653. The van der Waals surface area contributed by atoms with E-state index in [9.17, 15) is 4.57 Å². The van der Waals surface area contributed by atoms with Crippen LogP contribution in [0, 0.1) is 6.92 Å². The van der Waals surface area contributed by atoms with Crippen LogP contribution in [0.4, 0.5) is 5.88 Å². The van der Waals surface area contributed by atoms with Crippen molar-refractivity contribution in [3.8, 4) is 0 Å². The number of hydrogen-bond acceptors (Lipinski definition) is 4. The number of aromatic nitrogens is 1. The quantitative estimate of drug-likeness (QED) is 0.530. The van der Waals surface area contributed by atoms with Gasteiger partial charge in [0.05, 0.1) is 5.69 Å². The predicted octanol–water partition coefficient (Wildman–Crippen LogP) is 2.27. The molecule has 0 bridgehead atoms. The van der Waals surface area contributed by atoms with Gasteiger partial charge in [-0.1, -0.05) is 29.4 Å². The average molecular weight is 277 g/mol. The van der Waals surface area contributed by atoms with Crippen molar-refractivity contribution in [1.82, 2.24) is 5.16 Å². The smallest absolute Gasteiger partial charge is 0.252 e. The van der Waals surface area contributed by atoms with Gasteiger partial charge in [0, 0.05) is 16.9 Å². The van der Waals surface area contributed by atoms with Gasteiger partial charge in [-0.05, 0) is 20.3 Å². The van der Waals surface area contributed by atoms with E-state index in [1.807, 2.05) is 19.1 Å². The zero-order valence-corrected chi connectivity index (χ0v) is 12.0. The van der Waals surface area contributed by atoms with Crippen LogP contribution in [-0.4, -0.2) is 24.3 Å². The normalized spacial score (nSPS) is 12.7. The number of amidine groups is 1. The van der Waals surface area contributed by atoms with Gasteiger partial charge in [0.25, 0.3) is 5.88 Å². The number of rotatable bonds is 3. The van der Waals surface area contributed by atoms with Crippen LogP contribution in [0.15, 0.2) is 39.8 Å². The molecule has 1 aromatic carbocycles. The molecule has 0 aliphatic carbocycles. The Morgan fingerprint density at radius 3 is 2.42 bits per heavy atom. The molecule has 0 aliphatic heterocycles. The van der Waals surface area contributed by atoms with Gasteiger partial charge in [-0.25, -0.2) is 0 Å². The highest BCUT2D eigenvalue weighted by molar-refractivity contribution is 7.70. The standard InChI is InChI=1S/C13H16N3O2P/c1-9-8-12(18-16-9)15-13(14)10-4-6-11(7-5-10)19(2,3)17/h4-8H,1-3H3,(H2,14,15). The molecule has 5 nitrogen and oxygen atoms in total. The van der Waals surface area contributed by atoms with Crippen LogP contribution in [0.5, 0.6) is 0 Å². The van der Waals surface area contributed by atoms with Gasteiger partial charge in [0.2, 0.25) is 0 Å². The summed E-state index contributed by atoms with van der Waals surface area (Å²) >= 11 is 0. The van der Waals surface area contributed by atoms with Crippen LogP contribution in [0.3, 0.4) is 0 Å². The van der Waals surface area contributed by atoms with Crippen molar-refractivity contribution in [3.05, 3.63) is 41.6 Å². The Morgan fingerprint density at radius 1 is 1.32 bits per heavy atom. The minimum Gasteiger partial charge on any atom is -0.383 e. The molecule has 2 aromatic rings. The average Bonchev–Trinajstić information content (AvgIpc) is 2.74. The second kappa shape index (κ2) is 5.02. The highest BCUT2D eigenvalue weighted by Gasteiger charge is 2.11. The zero-order valence-electron chi connectivity index (χ0n) is 11.1. The molecule has 0 aliphatic rings. The van der Waals surface area contributed by atoms with Gasteiger partial charge >= 0.3 is 0 Å². The van der Waals surface area contributed by atoms with Crippen molar-refractivity contribution in [2.45, 2.75) is 6.92 Å². The third kappa shape index (κ3) is 3.32. The van der Waals surface area contributed by atoms with Gasteiger partial charge in [0.1, 0.15) is 13.0 Å². The second-order valence-electron chi connectivity index (χ2n) is 4.70. The fourth-order valence-electron chi connectivity index (χ4n) is 1.58. The minimum atomic E-state index is -2.24. The molecule has 0 saturated heterocycles. The molecule has 0 fully saturated rings. The number of nitrogens with two attached hydrogens (primary N) is 1. The number of aryl methyl sites for hydroxylation is 1. The first-order valence-corrected chi connectivity index (χ1v) is 8.40. The molecular formula is C13H16N3O2P. The molecule has 100 valence electrons. The largest absolute Gasteiger partial charge is 0.383 e. The summed E-state index contributed by atoms with van der Waals surface area (Å²) in [5, 5.41) is 4.55. The van der Waals surface area contributed by atoms with Gasteiger partial charge in [0.15, 0.2) is 0 Å². The summed E-state index contributed by atoms with van der Waals surface area (Å²) in [6.45, 7) is 5.28. The van der Waals surface area contributed by atoms with Crippen molar-refractivity contribution in [1.29, 1.82) is 0 Å². The summed E-state index contributed by atoms with van der Waals surface area (Å²) in [4.78, 5) is 4.14. The summed E-state index contributed by atoms with van der Waals surface area (Å²) in [5.41, 5.74) is 7.39. The first-order valence-electron chi connectivity index (χ1n) is 5.80. The lowest BCUT2D eigenvalue weighted by Gasteiger charge is -2.07. The van der Waals surface area contributed by atoms with Crippen LogP contribution in [0.2, 0.25) is 0 Å². The molecule has 6 heteroatoms. The number of benzene rings is 1. The molecule has 1 heterocycles. The molecule has 2 rings (SSSR count). The van der Waals surface area contributed by atoms with Crippen molar-refractivity contribution in [2.75, 3.05) is 13.3 Å². The fraction of sp³-hybridized carbons (Fsp3) is 0.231. The van der Waals surface area contributed by atoms with E-state index in [0.29, 0.717) is 11.7 Å². The lowest BCUT2D eigenvalue weighted by molar-refractivity contribution is 0.425. The molecule has 0 amide bonds. The van der Waals surface area contributed by atoms with E-state index in [1.54, 1.807) is 31.5 Å². The lowest BCUT2D eigenvalue weighted by atomic mass is 10.2. The third-order valence-corrected chi connectivity index (χ3v) is 4.17. The summed E-state index contributed by atoms with van der Waals surface area (Å²) in [7, 11) is -2.24. The van der Waals surface area contributed by atoms with E-state index in [2.05, 4.69) is 10.1 Å². The Kier molecular flexibility index (Phi) is 3.58. The molecule has 2 N–H and O–H groups in total. The zero-order chi connectivity index (χ0) is 14.0. The van der Waals surface area contributed by atoms with Crippen LogP contribution < -0.4 is 11.0 Å². The third-order valence-electron chi connectivity index (χ3n) is 2.63. The second-order valence-corrected chi connectivity index (χ2v) is 7.92. The summed E-state index contributed by atoms with van der Waals surface area (Å²) in [6, 6.07) is 8.93. The molecule has 0 radical (unpaired) electrons. The summed E-state index contributed by atoms with van der Waals surface area (Å²) in [6.07, 6.45) is 0. The van der Waals surface area contributed by atoms with Gasteiger partial charge in [-0.15, -0.1) is 0 Å². The monoisotopic (exact) mass is 277 g/mol. The van der Waals surface area contributed by atoms with Crippen LogP contribution in [0.1, 0.15) is 11.3 Å². The maximum absolute atomic E-state index is 11.9. The van der Waals surface area contributed by atoms with Crippen molar-refractivity contribution in [3.63, 3.8) is 0 Å². The van der Waals surface area contributed by atoms with Crippen LogP contribution in [0.25, 0.3) is 0 Å². The number of aliphatic imine (C=N–C) groups is 1. The number of hydrogen-bond donors (Lipinski definition) is 1. The molecule has 1 aromatic heterocycles. The highest BCUT2D eigenvalue weighted by atomic mass is 31.2. The van der Waals surface area contributed by atoms with Gasteiger partial charge in [-0.3, -0.25) is 0 Å². The Balaban J connectivity index is 2.27. The Hall–Kier alpha value is -1.87. The first-order chi connectivity index (χ1) is 8.86. The van der Waals surface area contributed by atoms with E-state index >= 15 is 0 Å².